The second-order valence-electron chi connectivity index (χ2n) is 9.61. The summed E-state index contributed by atoms with van der Waals surface area (Å²) < 4.78 is 2.09. The largest absolute Gasteiger partial charge is 0.369 e. The minimum Gasteiger partial charge on any atom is -0.369 e. The molecule has 1 fully saturated rings. The number of aryl methyl sites for hydroxylation is 1. The van der Waals surface area contributed by atoms with Crippen LogP contribution in [0.1, 0.15) is 32.9 Å². The quantitative estimate of drug-likeness (QED) is 0.244. The summed E-state index contributed by atoms with van der Waals surface area (Å²) in [7, 11) is 0. The number of benzene rings is 3. The Kier molecular flexibility index (Phi) is 7.91. The van der Waals surface area contributed by atoms with Gasteiger partial charge >= 0.3 is 0 Å². The first-order valence-corrected chi connectivity index (χ1v) is 13.3. The number of nitrogens with one attached hydrogen (secondary N) is 1. The molecular formula is C31H32ClN5O. The highest BCUT2D eigenvalue weighted by atomic mass is 35.5. The molecule has 1 aromatic heterocycles. The fourth-order valence-corrected chi connectivity index (χ4v) is 5.19. The summed E-state index contributed by atoms with van der Waals surface area (Å²) in [4.78, 5) is 17.6. The highest BCUT2D eigenvalue weighted by Crippen LogP contribution is 2.25. The number of amides is 1. The summed E-state index contributed by atoms with van der Waals surface area (Å²) in [5.41, 5.74) is 9.61. The molecule has 0 bridgehead atoms. The molecule has 2 heterocycles. The summed E-state index contributed by atoms with van der Waals surface area (Å²) in [5, 5.41) is 4.90. The van der Waals surface area contributed by atoms with Crippen molar-refractivity contribution in [3.05, 3.63) is 118 Å². The Morgan fingerprint density at radius 2 is 1.61 bits per heavy atom. The van der Waals surface area contributed by atoms with Crippen LogP contribution in [0.5, 0.6) is 0 Å². The smallest absolute Gasteiger partial charge is 0.271 e. The normalized spacial score (nSPS) is 14.2. The van der Waals surface area contributed by atoms with Gasteiger partial charge in [0, 0.05) is 60.9 Å². The van der Waals surface area contributed by atoms with Crippen molar-refractivity contribution in [1.82, 2.24) is 14.9 Å². The van der Waals surface area contributed by atoms with Crippen molar-refractivity contribution in [3.63, 3.8) is 0 Å². The summed E-state index contributed by atoms with van der Waals surface area (Å²) >= 11 is 6.40. The van der Waals surface area contributed by atoms with Gasteiger partial charge in [0.25, 0.3) is 5.91 Å². The molecule has 38 heavy (non-hydrogen) atoms. The Bertz CT molecular complexity index is 1420. The number of nitrogens with zero attached hydrogens (tertiary/aromatic N) is 4. The van der Waals surface area contributed by atoms with E-state index >= 15 is 0 Å². The molecule has 4 aromatic rings. The molecule has 1 amide bonds. The Morgan fingerprint density at radius 1 is 0.921 bits per heavy atom. The third-order valence-electron chi connectivity index (χ3n) is 7.05. The van der Waals surface area contributed by atoms with E-state index in [1.807, 2.05) is 68.4 Å². The van der Waals surface area contributed by atoms with Crippen LogP contribution in [0.15, 0.2) is 90.0 Å². The zero-order valence-corrected chi connectivity index (χ0v) is 22.5. The van der Waals surface area contributed by atoms with Gasteiger partial charge in [-0.25, -0.2) is 5.43 Å². The van der Waals surface area contributed by atoms with Crippen LogP contribution in [0, 0.1) is 13.8 Å². The van der Waals surface area contributed by atoms with Crippen molar-refractivity contribution < 1.29 is 4.79 Å². The maximum atomic E-state index is 12.7. The number of hydrazone groups is 1. The van der Waals surface area contributed by atoms with E-state index in [0.717, 1.165) is 55.4 Å². The molecule has 7 heteroatoms. The van der Waals surface area contributed by atoms with Gasteiger partial charge in [-0.05, 0) is 61.9 Å². The molecule has 0 spiro atoms. The maximum absolute atomic E-state index is 12.7. The third-order valence-corrected chi connectivity index (χ3v) is 7.37. The monoisotopic (exact) mass is 525 g/mol. The predicted octanol–water partition coefficient (Wildman–Crippen LogP) is 5.83. The standard InChI is InChI=1S/C31H32ClN5O/c1-23-20-27(24(2)37(23)30-11-7-6-10-29(30)32)21-33-34-31(38)26-14-12-25(13-15-26)22-35-16-18-36(19-17-35)28-8-4-3-5-9-28/h3-15,20-21H,16-19,22H2,1-2H3,(H,34,38)/b33-21+. The molecule has 1 aliphatic rings. The number of piperazine rings is 1. The van der Waals surface area contributed by atoms with Gasteiger partial charge in [-0.1, -0.05) is 54.1 Å². The van der Waals surface area contributed by atoms with E-state index in [1.54, 1.807) is 6.21 Å². The van der Waals surface area contributed by atoms with Gasteiger partial charge < -0.3 is 9.47 Å². The van der Waals surface area contributed by atoms with Gasteiger partial charge in [0.15, 0.2) is 0 Å². The van der Waals surface area contributed by atoms with Gasteiger partial charge in [-0.3, -0.25) is 9.69 Å². The summed E-state index contributed by atoms with van der Waals surface area (Å²) in [6, 6.07) is 28.1. The fourth-order valence-electron chi connectivity index (χ4n) is 4.97. The van der Waals surface area contributed by atoms with Gasteiger partial charge in [0.2, 0.25) is 0 Å². The van der Waals surface area contributed by atoms with E-state index in [4.69, 9.17) is 11.6 Å². The minimum absolute atomic E-state index is 0.232. The van der Waals surface area contributed by atoms with Gasteiger partial charge in [-0.15, -0.1) is 0 Å². The number of hydrogen-bond acceptors (Lipinski definition) is 4. The number of halogens is 1. The van der Waals surface area contributed by atoms with Crippen LogP contribution in [0.3, 0.4) is 0 Å². The molecule has 0 saturated carbocycles. The second-order valence-corrected chi connectivity index (χ2v) is 10.0. The zero-order valence-electron chi connectivity index (χ0n) is 21.8. The molecule has 0 aliphatic carbocycles. The lowest BCUT2D eigenvalue weighted by molar-refractivity contribution is 0.0955. The molecular weight excluding hydrogens is 494 g/mol. The molecule has 0 unspecified atom stereocenters. The lowest BCUT2D eigenvalue weighted by Gasteiger charge is -2.36. The number of carbonyl (C=O) groups excluding carboxylic acids is 1. The molecule has 1 N–H and O–H groups in total. The fraction of sp³-hybridized carbons (Fsp3) is 0.226. The molecule has 3 aromatic carbocycles. The molecule has 0 radical (unpaired) electrons. The molecule has 1 aliphatic heterocycles. The Labute approximate surface area is 229 Å². The maximum Gasteiger partial charge on any atom is 0.271 e. The van der Waals surface area contributed by atoms with E-state index in [0.29, 0.717) is 10.6 Å². The molecule has 5 rings (SSSR count). The first-order valence-electron chi connectivity index (χ1n) is 12.9. The van der Waals surface area contributed by atoms with E-state index in [1.165, 1.54) is 11.3 Å². The minimum atomic E-state index is -0.232. The van der Waals surface area contributed by atoms with Crippen molar-refractivity contribution in [2.45, 2.75) is 20.4 Å². The molecule has 1 saturated heterocycles. The Balaban J connectivity index is 1.15. The topological polar surface area (TPSA) is 52.9 Å². The van der Waals surface area contributed by atoms with E-state index < -0.39 is 0 Å². The summed E-state index contributed by atoms with van der Waals surface area (Å²) in [6.45, 7) is 8.99. The lowest BCUT2D eigenvalue weighted by Crippen LogP contribution is -2.45. The SMILES string of the molecule is Cc1cc(/C=N/NC(=O)c2ccc(CN3CCN(c4ccccc4)CC3)cc2)c(C)n1-c1ccccc1Cl. The first kappa shape index (κ1) is 25.8. The summed E-state index contributed by atoms with van der Waals surface area (Å²) in [6.07, 6.45) is 1.68. The lowest BCUT2D eigenvalue weighted by atomic mass is 10.1. The van der Waals surface area contributed by atoms with Crippen LogP contribution in [-0.4, -0.2) is 47.8 Å². The van der Waals surface area contributed by atoms with Gasteiger partial charge in [-0.2, -0.15) is 5.10 Å². The van der Waals surface area contributed by atoms with Crippen LogP contribution < -0.4 is 10.3 Å². The Morgan fingerprint density at radius 3 is 2.32 bits per heavy atom. The van der Waals surface area contributed by atoms with E-state index in [9.17, 15) is 4.79 Å². The number of aromatic nitrogens is 1. The van der Waals surface area contributed by atoms with Crippen molar-refractivity contribution in [1.29, 1.82) is 0 Å². The van der Waals surface area contributed by atoms with Crippen LogP contribution in [0.25, 0.3) is 5.69 Å². The van der Waals surface area contributed by atoms with Crippen LogP contribution in [0.4, 0.5) is 5.69 Å². The highest BCUT2D eigenvalue weighted by molar-refractivity contribution is 6.32. The van der Waals surface area contributed by atoms with Crippen molar-refractivity contribution in [2.24, 2.45) is 5.10 Å². The highest BCUT2D eigenvalue weighted by Gasteiger charge is 2.17. The van der Waals surface area contributed by atoms with Crippen LogP contribution >= 0.6 is 11.6 Å². The first-order chi connectivity index (χ1) is 18.5. The number of anilines is 1. The zero-order chi connectivity index (χ0) is 26.5. The van der Waals surface area contributed by atoms with Crippen LogP contribution in [-0.2, 0) is 6.54 Å². The molecule has 194 valence electrons. The number of carbonyl (C=O) groups is 1. The second kappa shape index (κ2) is 11.7. The van der Waals surface area contributed by atoms with E-state index in [2.05, 4.69) is 55.2 Å². The van der Waals surface area contributed by atoms with Gasteiger partial charge in [0.1, 0.15) is 0 Å². The predicted molar refractivity (Wildman–Crippen MR) is 156 cm³/mol. The average molecular weight is 526 g/mol. The van der Waals surface area contributed by atoms with Gasteiger partial charge in [0.05, 0.1) is 16.9 Å². The Hall–Kier alpha value is -3.87. The molecule has 0 atom stereocenters. The number of hydrogen-bond donors (Lipinski definition) is 1. The van der Waals surface area contributed by atoms with Crippen molar-refractivity contribution >= 4 is 29.4 Å². The average Bonchev–Trinajstić information content (AvgIpc) is 3.22. The van der Waals surface area contributed by atoms with E-state index in [-0.39, 0.29) is 5.91 Å². The number of rotatable bonds is 7. The van der Waals surface area contributed by atoms with Crippen molar-refractivity contribution in [3.8, 4) is 5.69 Å². The third kappa shape index (κ3) is 5.82. The number of para-hydroxylation sites is 2. The summed E-state index contributed by atoms with van der Waals surface area (Å²) in [5.74, 6) is -0.232. The van der Waals surface area contributed by atoms with Crippen LogP contribution in [0.2, 0.25) is 5.02 Å². The van der Waals surface area contributed by atoms with Crippen molar-refractivity contribution in [2.75, 3.05) is 31.1 Å². The molecule has 6 nitrogen and oxygen atoms in total.